The van der Waals surface area contributed by atoms with Crippen LogP contribution in [0.3, 0.4) is 0 Å². The van der Waals surface area contributed by atoms with Gasteiger partial charge in [-0.05, 0) is 35.9 Å². The number of benzene rings is 3. The summed E-state index contributed by atoms with van der Waals surface area (Å²) < 4.78 is 50.8. The maximum absolute atomic E-state index is 12.8. The zero-order valence-corrected chi connectivity index (χ0v) is 19.1. The number of sulfonamides is 1. The number of ether oxygens (including phenoxy) is 4. The Morgan fingerprint density at radius 3 is 2.19 bits per heavy atom. The molecular weight excluding hydrogens is 430 g/mol. The van der Waals surface area contributed by atoms with Crippen molar-refractivity contribution in [3.05, 3.63) is 71.8 Å². The first kappa shape index (κ1) is 21.8. The van der Waals surface area contributed by atoms with E-state index in [9.17, 15) is 8.42 Å². The molecule has 0 amide bonds. The highest BCUT2D eigenvalue weighted by Crippen LogP contribution is 2.50. The van der Waals surface area contributed by atoms with E-state index >= 15 is 0 Å². The van der Waals surface area contributed by atoms with E-state index in [1.807, 2.05) is 25.1 Å². The summed E-state index contributed by atoms with van der Waals surface area (Å²) in [5.74, 6) is 2.25. The first-order valence-corrected chi connectivity index (χ1v) is 11.5. The molecule has 1 aliphatic heterocycles. The quantitative estimate of drug-likeness (QED) is 0.554. The third-order valence-corrected chi connectivity index (χ3v) is 6.95. The average molecular weight is 456 g/mol. The van der Waals surface area contributed by atoms with Crippen LogP contribution in [-0.2, 0) is 10.0 Å². The van der Waals surface area contributed by atoms with Gasteiger partial charge in [-0.25, -0.2) is 8.42 Å². The summed E-state index contributed by atoms with van der Waals surface area (Å²) in [6, 6.07) is 17.4. The Kier molecular flexibility index (Phi) is 5.88. The molecule has 0 spiro atoms. The largest absolute Gasteiger partial charge is 0.494 e. The zero-order chi connectivity index (χ0) is 22.9. The monoisotopic (exact) mass is 455 g/mol. The van der Waals surface area contributed by atoms with E-state index < -0.39 is 10.0 Å². The van der Waals surface area contributed by atoms with Crippen LogP contribution >= 0.6 is 0 Å². The van der Waals surface area contributed by atoms with Crippen molar-refractivity contribution < 1.29 is 27.4 Å². The Bertz CT molecular complexity index is 1230. The van der Waals surface area contributed by atoms with E-state index in [-0.39, 0.29) is 16.9 Å². The Morgan fingerprint density at radius 1 is 0.844 bits per heavy atom. The van der Waals surface area contributed by atoms with Crippen LogP contribution in [0.1, 0.15) is 30.1 Å². The molecule has 0 saturated heterocycles. The van der Waals surface area contributed by atoms with Crippen molar-refractivity contribution in [2.75, 3.05) is 26.1 Å². The molecule has 0 bridgehead atoms. The Morgan fingerprint density at radius 2 is 1.53 bits per heavy atom. The number of fused-ring (bicyclic) bond motifs is 1. The third kappa shape index (κ3) is 3.93. The fourth-order valence-corrected chi connectivity index (χ4v) is 4.96. The van der Waals surface area contributed by atoms with Crippen molar-refractivity contribution in [2.24, 2.45) is 0 Å². The predicted molar refractivity (Wildman–Crippen MR) is 122 cm³/mol. The van der Waals surface area contributed by atoms with Crippen LogP contribution in [0.4, 0.5) is 5.69 Å². The number of anilines is 1. The highest BCUT2D eigenvalue weighted by molar-refractivity contribution is 7.92. The van der Waals surface area contributed by atoms with Crippen LogP contribution in [0.2, 0.25) is 0 Å². The number of hydrogen-bond acceptors (Lipinski definition) is 6. The lowest BCUT2D eigenvalue weighted by atomic mass is 9.92. The minimum Gasteiger partial charge on any atom is -0.494 e. The minimum absolute atomic E-state index is 0.0333. The highest BCUT2D eigenvalue weighted by Gasteiger charge is 2.34. The van der Waals surface area contributed by atoms with Gasteiger partial charge in [0.05, 0.1) is 31.9 Å². The molecule has 0 aromatic heterocycles. The van der Waals surface area contributed by atoms with Crippen LogP contribution < -0.4 is 23.7 Å². The molecule has 3 aromatic carbocycles. The summed E-state index contributed by atoms with van der Waals surface area (Å²) in [5, 5.41) is 0. The van der Waals surface area contributed by atoms with Gasteiger partial charge in [-0.15, -0.1) is 0 Å². The topological polar surface area (TPSA) is 83.1 Å². The van der Waals surface area contributed by atoms with Crippen molar-refractivity contribution in [3.8, 4) is 23.0 Å². The molecule has 168 valence electrons. The molecule has 1 aliphatic rings. The molecule has 0 unspecified atom stereocenters. The zero-order valence-electron chi connectivity index (χ0n) is 18.3. The summed E-state index contributed by atoms with van der Waals surface area (Å²) in [4.78, 5) is 0.176. The number of rotatable bonds is 7. The third-order valence-electron chi connectivity index (χ3n) is 5.56. The standard InChI is InChI=1S/C24H25NO6S/c1-15-18-13-19(25-32(26,27)17-8-6-5-7-9-17)22(29-3)14-21(18)31-24(15)16-10-11-20(28-2)23(12-16)30-4/h5-15,24-25H,1-4H3/t15-,24-/m1/s1. The molecular formula is C24H25NO6S. The van der Waals surface area contributed by atoms with Crippen molar-refractivity contribution in [3.63, 3.8) is 0 Å². The lowest BCUT2D eigenvalue weighted by Gasteiger charge is -2.17. The lowest BCUT2D eigenvalue weighted by molar-refractivity contribution is 0.214. The molecule has 0 fully saturated rings. The summed E-state index contributed by atoms with van der Waals surface area (Å²) in [6.07, 6.45) is -0.268. The van der Waals surface area contributed by atoms with Gasteiger partial charge in [0.25, 0.3) is 10.0 Å². The molecule has 8 heteroatoms. The minimum atomic E-state index is -3.76. The second kappa shape index (κ2) is 8.63. The molecule has 3 aromatic rings. The van der Waals surface area contributed by atoms with E-state index in [4.69, 9.17) is 18.9 Å². The first-order valence-electron chi connectivity index (χ1n) is 10.1. The van der Waals surface area contributed by atoms with E-state index in [0.29, 0.717) is 28.7 Å². The van der Waals surface area contributed by atoms with Gasteiger partial charge in [0.2, 0.25) is 0 Å². The lowest BCUT2D eigenvalue weighted by Crippen LogP contribution is -2.13. The molecule has 2 atom stereocenters. The fraction of sp³-hybridized carbons (Fsp3) is 0.250. The van der Waals surface area contributed by atoms with Crippen LogP contribution in [0.15, 0.2) is 65.6 Å². The van der Waals surface area contributed by atoms with E-state index in [1.54, 1.807) is 56.7 Å². The number of nitrogens with one attached hydrogen (secondary N) is 1. The summed E-state index contributed by atoms with van der Waals surface area (Å²) in [6.45, 7) is 2.04. The van der Waals surface area contributed by atoms with Gasteiger partial charge in [0.1, 0.15) is 17.6 Å². The molecule has 4 rings (SSSR count). The Hall–Kier alpha value is -3.39. The maximum Gasteiger partial charge on any atom is 0.262 e. The second-order valence-electron chi connectivity index (χ2n) is 7.45. The van der Waals surface area contributed by atoms with Gasteiger partial charge in [-0.1, -0.05) is 31.2 Å². The summed E-state index contributed by atoms with van der Waals surface area (Å²) in [7, 11) is 0.906. The Balaban J connectivity index is 1.68. The molecule has 7 nitrogen and oxygen atoms in total. The molecule has 0 radical (unpaired) electrons. The van der Waals surface area contributed by atoms with E-state index in [0.717, 1.165) is 11.1 Å². The van der Waals surface area contributed by atoms with Crippen LogP contribution in [-0.4, -0.2) is 29.7 Å². The SMILES string of the molecule is COc1cc2c(cc1NS(=O)(=O)c1ccccc1)[C@@H](C)[C@H](c1ccc(OC)c(OC)c1)O2. The van der Waals surface area contributed by atoms with Crippen molar-refractivity contribution >= 4 is 15.7 Å². The molecule has 32 heavy (non-hydrogen) atoms. The van der Waals surface area contributed by atoms with Gasteiger partial charge in [0.15, 0.2) is 11.5 Å². The average Bonchev–Trinajstić information content (AvgIpc) is 3.13. The maximum atomic E-state index is 12.8. The van der Waals surface area contributed by atoms with Gasteiger partial charge in [-0.2, -0.15) is 0 Å². The van der Waals surface area contributed by atoms with Crippen LogP contribution in [0.5, 0.6) is 23.0 Å². The van der Waals surface area contributed by atoms with Crippen LogP contribution in [0.25, 0.3) is 0 Å². The van der Waals surface area contributed by atoms with Gasteiger partial charge in [0, 0.05) is 17.5 Å². The molecule has 0 aliphatic carbocycles. The number of hydrogen-bond donors (Lipinski definition) is 1. The van der Waals surface area contributed by atoms with E-state index in [1.165, 1.54) is 7.11 Å². The predicted octanol–water partition coefficient (Wildman–Crippen LogP) is 4.75. The van der Waals surface area contributed by atoms with Crippen molar-refractivity contribution in [1.82, 2.24) is 0 Å². The summed E-state index contributed by atoms with van der Waals surface area (Å²) in [5.41, 5.74) is 2.17. The molecule has 0 saturated carbocycles. The smallest absolute Gasteiger partial charge is 0.262 e. The van der Waals surface area contributed by atoms with Crippen LogP contribution in [0, 0.1) is 0 Å². The second-order valence-corrected chi connectivity index (χ2v) is 9.13. The Labute approximate surface area is 187 Å². The van der Waals surface area contributed by atoms with Crippen molar-refractivity contribution in [2.45, 2.75) is 23.8 Å². The fourth-order valence-electron chi connectivity index (χ4n) is 3.88. The molecule has 1 heterocycles. The van der Waals surface area contributed by atoms with Gasteiger partial charge < -0.3 is 18.9 Å². The first-order chi connectivity index (χ1) is 15.4. The van der Waals surface area contributed by atoms with Crippen molar-refractivity contribution in [1.29, 1.82) is 0 Å². The molecule has 1 N–H and O–H groups in total. The van der Waals surface area contributed by atoms with Gasteiger partial charge in [-0.3, -0.25) is 4.72 Å². The van der Waals surface area contributed by atoms with Gasteiger partial charge >= 0.3 is 0 Å². The van der Waals surface area contributed by atoms with E-state index in [2.05, 4.69) is 4.72 Å². The summed E-state index contributed by atoms with van der Waals surface area (Å²) >= 11 is 0. The highest BCUT2D eigenvalue weighted by atomic mass is 32.2. The normalized spacial score (nSPS) is 17.2. The number of methoxy groups -OCH3 is 3.